The van der Waals surface area contributed by atoms with Gasteiger partial charge in [-0.2, -0.15) is 0 Å². The molecule has 34 heavy (non-hydrogen) atoms. The van der Waals surface area contributed by atoms with Crippen LogP contribution in [0.2, 0.25) is 0 Å². The zero-order chi connectivity index (χ0) is 23.1. The maximum absolute atomic E-state index is 12.4. The van der Waals surface area contributed by atoms with E-state index in [4.69, 9.17) is 18.6 Å². The van der Waals surface area contributed by atoms with E-state index >= 15 is 0 Å². The molecule has 3 aromatic rings. The Balaban J connectivity index is 1.13. The molecular formula is C27H30N2O5. The van der Waals surface area contributed by atoms with E-state index in [0.29, 0.717) is 18.5 Å². The molecule has 178 valence electrons. The number of fused-ring (bicyclic) bond motifs is 2. The van der Waals surface area contributed by atoms with Crippen LogP contribution >= 0.6 is 0 Å². The Bertz CT molecular complexity index is 1260. The second kappa shape index (κ2) is 8.96. The lowest BCUT2D eigenvalue weighted by molar-refractivity contribution is 0.119. The third-order valence-electron chi connectivity index (χ3n) is 7.24. The van der Waals surface area contributed by atoms with Crippen LogP contribution in [0.4, 0.5) is 0 Å². The van der Waals surface area contributed by atoms with E-state index in [1.807, 2.05) is 25.1 Å². The Morgan fingerprint density at radius 3 is 2.47 bits per heavy atom. The van der Waals surface area contributed by atoms with Gasteiger partial charge in [-0.25, -0.2) is 4.79 Å². The lowest BCUT2D eigenvalue weighted by Crippen LogP contribution is -2.45. The first-order chi connectivity index (χ1) is 16.6. The number of hydrogen-bond donors (Lipinski definition) is 0. The molecule has 1 saturated carbocycles. The zero-order valence-corrected chi connectivity index (χ0v) is 19.5. The van der Waals surface area contributed by atoms with Crippen LogP contribution in [0.1, 0.15) is 36.0 Å². The van der Waals surface area contributed by atoms with Crippen molar-refractivity contribution < 1.29 is 18.6 Å². The molecule has 0 amide bonds. The van der Waals surface area contributed by atoms with E-state index in [-0.39, 0.29) is 5.63 Å². The molecule has 0 bridgehead atoms. The van der Waals surface area contributed by atoms with E-state index in [9.17, 15) is 4.79 Å². The molecule has 0 unspecified atom stereocenters. The minimum atomic E-state index is -0.298. The van der Waals surface area contributed by atoms with Gasteiger partial charge in [-0.15, -0.1) is 0 Å². The van der Waals surface area contributed by atoms with Crippen LogP contribution in [0.3, 0.4) is 0 Å². The van der Waals surface area contributed by atoms with Gasteiger partial charge in [-0.05, 0) is 61.6 Å². The van der Waals surface area contributed by atoms with Crippen LogP contribution in [0, 0.1) is 6.92 Å². The van der Waals surface area contributed by atoms with E-state index in [1.54, 1.807) is 6.07 Å². The molecule has 3 heterocycles. The molecule has 7 nitrogen and oxygen atoms in total. The van der Waals surface area contributed by atoms with Crippen molar-refractivity contribution in [1.29, 1.82) is 0 Å². The first-order valence-electron chi connectivity index (χ1n) is 12.2. The molecule has 3 aliphatic rings. The highest BCUT2D eigenvalue weighted by atomic mass is 16.7. The summed E-state index contributed by atoms with van der Waals surface area (Å²) in [6.07, 6.45) is 3.71. The van der Waals surface area contributed by atoms with Crippen molar-refractivity contribution in [2.45, 2.75) is 45.4 Å². The van der Waals surface area contributed by atoms with Gasteiger partial charge in [-0.1, -0.05) is 6.07 Å². The highest BCUT2D eigenvalue weighted by Crippen LogP contribution is 2.34. The molecule has 0 radical (unpaired) electrons. The SMILES string of the molecule is Cc1c(OC2CCC2)ccc2c(CN3CCN(Cc4ccc5c(c4)OCO5)CC3)cc(=O)oc12. The number of nitrogens with zero attached hydrogens (tertiary/aromatic N) is 2. The molecule has 0 atom stereocenters. The Morgan fingerprint density at radius 1 is 0.941 bits per heavy atom. The van der Waals surface area contributed by atoms with E-state index in [0.717, 1.165) is 85.9 Å². The average Bonchev–Trinajstić information content (AvgIpc) is 3.27. The highest BCUT2D eigenvalue weighted by Gasteiger charge is 2.23. The molecule has 2 fully saturated rings. The lowest BCUT2D eigenvalue weighted by Gasteiger charge is -2.35. The summed E-state index contributed by atoms with van der Waals surface area (Å²) in [5.41, 5.74) is 3.53. The summed E-state index contributed by atoms with van der Waals surface area (Å²) in [7, 11) is 0. The Kier molecular flexibility index (Phi) is 5.67. The number of hydrogen-bond acceptors (Lipinski definition) is 7. The Labute approximate surface area is 198 Å². The number of rotatable bonds is 6. The molecule has 2 aliphatic heterocycles. The monoisotopic (exact) mass is 462 g/mol. The molecule has 2 aromatic carbocycles. The third-order valence-corrected chi connectivity index (χ3v) is 7.24. The van der Waals surface area contributed by atoms with Gasteiger partial charge in [-0.3, -0.25) is 9.80 Å². The molecule has 0 spiro atoms. The second-order valence-electron chi connectivity index (χ2n) is 9.57. The van der Waals surface area contributed by atoms with Crippen LogP contribution < -0.4 is 19.8 Å². The lowest BCUT2D eigenvalue weighted by atomic mass is 9.96. The fourth-order valence-electron chi connectivity index (χ4n) is 4.98. The standard InChI is InChI=1S/C27H30N2O5/c1-18-23(33-21-3-2-4-21)8-6-22-20(14-26(30)34-27(18)22)16-29-11-9-28(10-12-29)15-19-5-7-24-25(13-19)32-17-31-24/h5-8,13-14,21H,2-4,9-12,15-17H2,1H3. The second-order valence-corrected chi connectivity index (χ2v) is 9.57. The highest BCUT2D eigenvalue weighted by molar-refractivity contribution is 5.85. The van der Waals surface area contributed by atoms with Crippen LogP contribution in [0.25, 0.3) is 11.0 Å². The summed E-state index contributed by atoms with van der Waals surface area (Å²) in [6, 6.07) is 11.9. The molecule has 7 heteroatoms. The van der Waals surface area contributed by atoms with Crippen LogP contribution in [-0.2, 0) is 13.1 Å². The average molecular weight is 463 g/mol. The van der Waals surface area contributed by atoms with Crippen molar-refractivity contribution >= 4 is 11.0 Å². The number of piperazine rings is 1. The van der Waals surface area contributed by atoms with Crippen molar-refractivity contribution in [2.75, 3.05) is 33.0 Å². The summed E-state index contributed by atoms with van der Waals surface area (Å²) >= 11 is 0. The molecule has 0 N–H and O–H groups in total. The van der Waals surface area contributed by atoms with E-state index in [2.05, 4.69) is 21.9 Å². The quantitative estimate of drug-likeness (QED) is 0.512. The van der Waals surface area contributed by atoms with E-state index in [1.165, 1.54) is 12.0 Å². The fourth-order valence-corrected chi connectivity index (χ4v) is 4.98. The predicted octanol–water partition coefficient (Wildman–Crippen LogP) is 4.08. The largest absolute Gasteiger partial charge is 0.490 e. The topological polar surface area (TPSA) is 64.4 Å². The molecule has 1 aromatic heterocycles. The van der Waals surface area contributed by atoms with Gasteiger partial charge in [0.05, 0.1) is 6.10 Å². The number of aryl methyl sites for hydroxylation is 1. The van der Waals surface area contributed by atoms with Crippen molar-refractivity contribution in [3.8, 4) is 17.2 Å². The Morgan fingerprint density at radius 2 is 1.71 bits per heavy atom. The molecule has 1 aliphatic carbocycles. The van der Waals surface area contributed by atoms with Crippen molar-refractivity contribution in [2.24, 2.45) is 0 Å². The van der Waals surface area contributed by atoms with Gasteiger partial charge in [0.1, 0.15) is 11.3 Å². The summed E-state index contributed by atoms with van der Waals surface area (Å²) in [4.78, 5) is 17.3. The number of benzene rings is 2. The van der Waals surface area contributed by atoms with Crippen molar-refractivity contribution in [1.82, 2.24) is 9.80 Å². The summed E-state index contributed by atoms with van der Waals surface area (Å²) in [5.74, 6) is 2.49. The van der Waals surface area contributed by atoms with Gasteiger partial charge >= 0.3 is 5.63 Å². The summed E-state index contributed by atoms with van der Waals surface area (Å²) < 4.78 is 22.7. The first kappa shape index (κ1) is 21.5. The van der Waals surface area contributed by atoms with Gasteiger partial charge in [0.25, 0.3) is 0 Å². The predicted molar refractivity (Wildman–Crippen MR) is 129 cm³/mol. The minimum absolute atomic E-state index is 0.292. The van der Waals surface area contributed by atoms with Crippen LogP contribution in [0.5, 0.6) is 17.2 Å². The maximum atomic E-state index is 12.4. The normalized spacial score (nSPS) is 18.9. The fraction of sp³-hybridized carbons (Fsp3) is 0.444. The summed E-state index contributed by atoms with van der Waals surface area (Å²) in [6.45, 7) is 7.78. The van der Waals surface area contributed by atoms with Gasteiger partial charge < -0.3 is 18.6 Å². The zero-order valence-electron chi connectivity index (χ0n) is 19.5. The summed E-state index contributed by atoms with van der Waals surface area (Å²) in [5, 5.41) is 1.00. The van der Waals surface area contributed by atoms with E-state index < -0.39 is 0 Å². The van der Waals surface area contributed by atoms with Crippen molar-refractivity contribution in [3.05, 3.63) is 63.5 Å². The molecule has 6 rings (SSSR count). The minimum Gasteiger partial charge on any atom is -0.490 e. The molecule has 1 saturated heterocycles. The maximum Gasteiger partial charge on any atom is 0.336 e. The third kappa shape index (κ3) is 4.26. The molecular weight excluding hydrogens is 432 g/mol. The first-order valence-corrected chi connectivity index (χ1v) is 12.2. The Hall–Kier alpha value is -3.03. The number of ether oxygens (including phenoxy) is 3. The van der Waals surface area contributed by atoms with Gasteiger partial charge in [0.2, 0.25) is 6.79 Å². The smallest absolute Gasteiger partial charge is 0.336 e. The van der Waals surface area contributed by atoms with Gasteiger partial charge in [0.15, 0.2) is 11.5 Å². The van der Waals surface area contributed by atoms with Gasteiger partial charge in [0, 0.05) is 56.3 Å². The van der Waals surface area contributed by atoms with Crippen LogP contribution in [0.15, 0.2) is 45.6 Å². The van der Waals surface area contributed by atoms with Crippen LogP contribution in [-0.4, -0.2) is 48.9 Å². The van der Waals surface area contributed by atoms with Crippen molar-refractivity contribution in [3.63, 3.8) is 0 Å².